The van der Waals surface area contributed by atoms with Crippen molar-refractivity contribution in [2.75, 3.05) is 13.2 Å². The topological polar surface area (TPSA) is 53.1 Å². The van der Waals surface area contributed by atoms with Crippen molar-refractivity contribution >= 4 is 0 Å². The normalized spacial score (nSPS) is 13.1. The molecule has 0 amide bonds. The van der Waals surface area contributed by atoms with Crippen LogP contribution in [0.2, 0.25) is 0 Å². The van der Waals surface area contributed by atoms with Crippen molar-refractivity contribution in [3.05, 3.63) is 17.0 Å². The molecule has 0 saturated heterocycles. The Labute approximate surface area is 91.4 Å². The van der Waals surface area contributed by atoms with Gasteiger partial charge in [0.25, 0.3) is 0 Å². The molecular weight excluding hydrogens is 190 g/mol. The summed E-state index contributed by atoms with van der Waals surface area (Å²) in [6.07, 6.45) is 0. The molecule has 0 aromatic carbocycles. The van der Waals surface area contributed by atoms with E-state index in [9.17, 15) is 0 Å². The number of ether oxygens (including phenoxy) is 1. The number of hydrogen-bond donors (Lipinski definition) is 1. The van der Waals surface area contributed by atoms with Crippen molar-refractivity contribution in [3.63, 3.8) is 0 Å². The number of nitrogens with zero attached hydrogens (tertiary/aromatic N) is 2. The van der Waals surface area contributed by atoms with Crippen molar-refractivity contribution < 1.29 is 4.74 Å². The van der Waals surface area contributed by atoms with Crippen LogP contribution in [0.5, 0.6) is 0 Å². The smallest absolute Gasteiger partial charge is 0.0662 e. The lowest BCUT2D eigenvalue weighted by Crippen LogP contribution is -2.11. The van der Waals surface area contributed by atoms with Crippen molar-refractivity contribution in [2.45, 2.75) is 40.3 Å². The fourth-order valence-corrected chi connectivity index (χ4v) is 1.88. The molecular formula is C11H21N3O. The third-order valence-corrected chi connectivity index (χ3v) is 2.54. The van der Waals surface area contributed by atoms with E-state index in [4.69, 9.17) is 10.5 Å². The van der Waals surface area contributed by atoms with Gasteiger partial charge in [-0.25, -0.2) is 0 Å². The van der Waals surface area contributed by atoms with Crippen LogP contribution in [0.3, 0.4) is 0 Å². The maximum absolute atomic E-state index is 5.90. The predicted octanol–water partition coefficient (Wildman–Crippen LogP) is 1.56. The molecule has 1 heterocycles. The molecule has 0 saturated carbocycles. The Bertz CT molecular complexity index is 318. The molecule has 4 heteroatoms. The van der Waals surface area contributed by atoms with Crippen LogP contribution in [-0.2, 0) is 11.3 Å². The molecule has 86 valence electrons. The van der Waals surface area contributed by atoms with Crippen LogP contribution in [0.25, 0.3) is 0 Å². The number of aryl methyl sites for hydroxylation is 1. The molecule has 1 rings (SSSR count). The first-order valence-electron chi connectivity index (χ1n) is 5.45. The molecule has 1 aromatic rings. The highest BCUT2D eigenvalue weighted by molar-refractivity contribution is 5.27. The van der Waals surface area contributed by atoms with Gasteiger partial charge in [0.1, 0.15) is 0 Å². The van der Waals surface area contributed by atoms with Crippen LogP contribution in [0.15, 0.2) is 0 Å². The summed E-state index contributed by atoms with van der Waals surface area (Å²) in [7, 11) is 0. The first-order chi connectivity index (χ1) is 7.07. The van der Waals surface area contributed by atoms with Gasteiger partial charge in [-0.15, -0.1) is 0 Å². The molecule has 0 bridgehead atoms. The summed E-state index contributed by atoms with van der Waals surface area (Å²) in [5.41, 5.74) is 9.24. The summed E-state index contributed by atoms with van der Waals surface area (Å²) >= 11 is 0. The average molecular weight is 211 g/mol. The van der Waals surface area contributed by atoms with Gasteiger partial charge in [0.05, 0.1) is 18.8 Å². The van der Waals surface area contributed by atoms with E-state index in [1.165, 1.54) is 0 Å². The molecule has 0 fully saturated rings. The quantitative estimate of drug-likeness (QED) is 0.752. The third-order valence-electron chi connectivity index (χ3n) is 2.54. The van der Waals surface area contributed by atoms with E-state index in [-0.39, 0.29) is 6.04 Å². The molecule has 2 N–H and O–H groups in total. The largest absolute Gasteiger partial charge is 0.380 e. The van der Waals surface area contributed by atoms with E-state index in [1.54, 1.807) is 0 Å². The van der Waals surface area contributed by atoms with Gasteiger partial charge in [0.2, 0.25) is 0 Å². The van der Waals surface area contributed by atoms with Crippen LogP contribution in [0.1, 0.15) is 36.8 Å². The average Bonchev–Trinajstić information content (AvgIpc) is 2.42. The predicted molar refractivity (Wildman–Crippen MR) is 60.8 cm³/mol. The van der Waals surface area contributed by atoms with E-state index < -0.39 is 0 Å². The summed E-state index contributed by atoms with van der Waals surface area (Å²) in [6.45, 7) is 10.3. The molecule has 0 aliphatic carbocycles. The second kappa shape index (κ2) is 5.28. The second-order valence-corrected chi connectivity index (χ2v) is 3.79. The van der Waals surface area contributed by atoms with E-state index in [1.807, 2.05) is 25.5 Å². The zero-order valence-electron chi connectivity index (χ0n) is 10.1. The Balaban J connectivity index is 2.77. The van der Waals surface area contributed by atoms with Gasteiger partial charge >= 0.3 is 0 Å². The van der Waals surface area contributed by atoms with Gasteiger partial charge in [0.15, 0.2) is 0 Å². The maximum Gasteiger partial charge on any atom is 0.0662 e. The SMILES string of the molecule is CCOCCn1nc(C)c(C(C)N)c1C. The number of hydrogen-bond acceptors (Lipinski definition) is 3. The van der Waals surface area contributed by atoms with Gasteiger partial charge in [-0.1, -0.05) is 0 Å². The Morgan fingerprint density at radius 1 is 1.47 bits per heavy atom. The van der Waals surface area contributed by atoms with Crippen molar-refractivity contribution in [1.82, 2.24) is 9.78 Å². The third kappa shape index (κ3) is 2.79. The minimum Gasteiger partial charge on any atom is -0.380 e. The van der Waals surface area contributed by atoms with Crippen LogP contribution in [-0.4, -0.2) is 23.0 Å². The standard InChI is InChI=1S/C11H21N3O/c1-5-15-7-6-14-10(4)11(8(2)12)9(3)13-14/h8H,5-7,12H2,1-4H3. The van der Waals surface area contributed by atoms with Gasteiger partial charge in [-0.3, -0.25) is 4.68 Å². The first-order valence-corrected chi connectivity index (χ1v) is 5.45. The minimum atomic E-state index is 0.0471. The molecule has 0 radical (unpaired) electrons. The van der Waals surface area contributed by atoms with Gasteiger partial charge < -0.3 is 10.5 Å². The van der Waals surface area contributed by atoms with Crippen LogP contribution >= 0.6 is 0 Å². The molecule has 0 aliphatic heterocycles. The number of nitrogens with two attached hydrogens (primary N) is 1. The lowest BCUT2D eigenvalue weighted by Gasteiger charge is -2.07. The Kier molecular flexibility index (Phi) is 4.29. The Morgan fingerprint density at radius 3 is 2.60 bits per heavy atom. The summed E-state index contributed by atoms with van der Waals surface area (Å²) < 4.78 is 7.29. The van der Waals surface area contributed by atoms with E-state index >= 15 is 0 Å². The summed E-state index contributed by atoms with van der Waals surface area (Å²) in [4.78, 5) is 0. The van der Waals surface area contributed by atoms with Gasteiger partial charge in [-0.2, -0.15) is 5.10 Å². The lowest BCUT2D eigenvalue weighted by molar-refractivity contribution is 0.135. The fourth-order valence-electron chi connectivity index (χ4n) is 1.88. The van der Waals surface area contributed by atoms with E-state index in [0.29, 0.717) is 6.61 Å². The van der Waals surface area contributed by atoms with Crippen LogP contribution in [0.4, 0.5) is 0 Å². The van der Waals surface area contributed by atoms with Crippen molar-refractivity contribution in [2.24, 2.45) is 5.73 Å². The summed E-state index contributed by atoms with van der Waals surface area (Å²) in [5.74, 6) is 0. The molecule has 1 aromatic heterocycles. The number of aromatic nitrogens is 2. The highest BCUT2D eigenvalue weighted by atomic mass is 16.5. The first kappa shape index (κ1) is 12.2. The highest BCUT2D eigenvalue weighted by Gasteiger charge is 2.14. The highest BCUT2D eigenvalue weighted by Crippen LogP contribution is 2.18. The lowest BCUT2D eigenvalue weighted by atomic mass is 10.1. The fraction of sp³-hybridized carbons (Fsp3) is 0.727. The summed E-state index contributed by atoms with van der Waals surface area (Å²) in [6, 6.07) is 0.0471. The summed E-state index contributed by atoms with van der Waals surface area (Å²) in [5, 5.41) is 4.46. The van der Waals surface area contributed by atoms with Crippen LogP contribution < -0.4 is 5.73 Å². The van der Waals surface area contributed by atoms with Crippen LogP contribution in [0, 0.1) is 13.8 Å². The number of rotatable bonds is 5. The molecule has 15 heavy (non-hydrogen) atoms. The Hall–Kier alpha value is -0.870. The molecule has 0 aliphatic rings. The monoisotopic (exact) mass is 211 g/mol. The minimum absolute atomic E-state index is 0.0471. The Morgan fingerprint density at radius 2 is 2.13 bits per heavy atom. The van der Waals surface area contributed by atoms with Crippen molar-refractivity contribution in [1.29, 1.82) is 0 Å². The van der Waals surface area contributed by atoms with Crippen molar-refractivity contribution in [3.8, 4) is 0 Å². The van der Waals surface area contributed by atoms with E-state index in [2.05, 4.69) is 12.0 Å². The van der Waals surface area contributed by atoms with Gasteiger partial charge in [0, 0.05) is 23.9 Å². The maximum atomic E-state index is 5.90. The van der Waals surface area contributed by atoms with E-state index in [0.717, 1.165) is 30.1 Å². The van der Waals surface area contributed by atoms with Gasteiger partial charge in [-0.05, 0) is 27.7 Å². The zero-order chi connectivity index (χ0) is 11.4. The molecule has 1 unspecified atom stereocenters. The molecule has 1 atom stereocenters. The zero-order valence-corrected chi connectivity index (χ0v) is 10.1. The second-order valence-electron chi connectivity index (χ2n) is 3.79. The molecule has 4 nitrogen and oxygen atoms in total. The molecule has 0 spiro atoms.